The lowest BCUT2D eigenvalue weighted by atomic mass is 9.97. The predicted molar refractivity (Wildman–Crippen MR) is 244 cm³/mol. The molecule has 0 aliphatic rings. The van der Waals surface area contributed by atoms with E-state index in [2.05, 4.69) is 157 Å². The average molecular weight is 772 g/mol. The number of rotatable bonds is 7. The van der Waals surface area contributed by atoms with E-state index in [9.17, 15) is 0 Å². The van der Waals surface area contributed by atoms with E-state index in [0.29, 0.717) is 17.5 Å². The largest absolute Gasteiger partial charge is 0.237 e. The molecule has 6 heteroatoms. The monoisotopic (exact) mass is 771 g/mol. The summed E-state index contributed by atoms with van der Waals surface area (Å²) in [7, 11) is 0. The lowest BCUT2D eigenvalue weighted by molar-refractivity contribution is 1.07. The average Bonchev–Trinajstić information content (AvgIpc) is 3.72. The lowest BCUT2D eigenvalue weighted by Crippen LogP contribution is -2.00. The number of fused-ring (bicyclic) bond motifs is 5. The van der Waals surface area contributed by atoms with Gasteiger partial charge in [0.2, 0.25) is 0 Å². The molecule has 0 aliphatic heterocycles. The number of hydrogen-bond donors (Lipinski definition) is 0. The molecule has 0 atom stereocenters. The van der Waals surface area contributed by atoms with Crippen LogP contribution in [0.4, 0.5) is 0 Å². The van der Waals surface area contributed by atoms with E-state index in [1.807, 2.05) is 48.7 Å². The fourth-order valence-electron chi connectivity index (χ4n) is 7.82. The minimum absolute atomic E-state index is 0.631. The standard InChI is InChI=1S/C53H33N5S/c1-3-11-34(12-4-1)35-22-28-40(29-23-35)51-56-50(39-13-5-2-6-14-39)57-52(58-51)41-30-24-37(25-31-41)43-16-9-15-42(33-43)36-20-26-38(27-21-36)48-49-47(44-17-7-8-19-46(44)59-49)45-18-10-32-54-53(45)55-48/h1-33H. The minimum atomic E-state index is 0.631. The molecule has 0 amide bonds. The molecule has 0 radical (unpaired) electrons. The van der Waals surface area contributed by atoms with Crippen LogP contribution in [0.15, 0.2) is 200 Å². The molecule has 0 saturated heterocycles. The Hall–Kier alpha value is -7.67. The van der Waals surface area contributed by atoms with Crippen LogP contribution in [0.1, 0.15) is 0 Å². The van der Waals surface area contributed by atoms with Crippen LogP contribution in [0.2, 0.25) is 0 Å². The fourth-order valence-corrected chi connectivity index (χ4v) is 9.05. The highest BCUT2D eigenvalue weighted by molar-refractivity contribution is 7.26. The number of thiophene rings is 1. The third-order valence-electron chi connectivity index (χ3n) is 10.8. The summed E-state index contributed by atoms with van der Waals surface area (Å²) in [6.07, 6.45) is 1.82. The summed E-state index contributed by atoms with van der Waals surface area (Å²) in [5, 5.41) is 3.56. The van der Waals surface area contributed by atoms with Crippen molar-refractivity contribution in [3.63, 3.8) is 0 Å². The van der Waals surface area contributed by atoms with E-state index in [-0.39, 0.29) is 0 Å². The summed E-state index contributed by atoms with van der Waals surface area (Å²) in [6.45, 7) is 0. The van der Waals surface area contributed by atoms with E-state index in [4.69, 9.17) is 19.9 Å². The van der Waals surface area contributed by atoms with Crippen molar-refractivity contribution in [3.05, 3.63) is 200 Å². The summed E-state index contributed by atoms with van der Waals surface area (Å²) in [5.74, 6) is 1.91. The first kappa shape index (κ1) is 34.6. The normalized spacial score (nSPS) is 11.4. The van der Waals surface area contributed by atoms with Gasteiger partial charge in [-0.3, -0.25) is 0 Å². The zero-order valence-corrected chi connectivity index (χ0v) is 32.5. The number of hydrogen-bond acceptors (Lipinski definition) is 6. The van der Waals surface area contributed by atoms with Crippen LogP contribution in [0.5, 0.6) is 0 Å². The van der Waals surface area contributed by atoms with Crippen molar-refractivity contribution >= 4 is 42.5 Å². The van der Waals surface area contributed by atoms with Crippen molar-refractivity contribution in [2.24, 2.45) is 0 Å². The van der Waals surface area contributed by atoms with Crippen LogP contribution in [0.25, 0.3) is 110 Å². The van der Waals surface area contributed by atoms with Gasteiger partial charge >= 0.3 is 0 Å². The summed E-state index contributed by atoms with van der Waals surface area (Å²) >= 11 is 1.80. The first-order valence-electron chi connectivity index (χ1n) is 19.6. The van der Waals surface area contributed by atoms with Gasteiger partial charge in [0.05, 0.1) is 10.4 Å². The summed E-state index contributed by atoms with van der Waals surface area (Å²) < 4.78 is 2.44. The van der Waals surface area contributed by atoms with Crippen LogP contribution in [-0.2, 0) is 0 Å². The van der Waals surface area contributed by atoms with Crippen LogP contribution < -0.4 is 0 Å². The molecule has 0 saturated carbocycles. The molecule has 0 bridgehead atoms. The van der Waals surface area contributed by atoms with Crippen molar-refractivity contribution in [1.29, 1.82) is 0 Å². The molecular formula is C53H33N5S. The number of benzene rings is 7. The third-order valence-corrected chi connectivity index (χ3v) is 12.0. The molecular weight excluding hydrogens is 739 g/mol. The Morgan fingerprint density at radius 1 is 0.322 bits per heavy atom. The Kier molecular flexibility index (Phi) is 8.60. The molecule has 11 rings (SSSR count). The Morgan fingerprint density at radius 2 is 0.763 bits per heavy atom. The third kappa shape index (κ3) is 6.52. The van der Waals surface area contributed by atoms with E-state index in [1.54, 1.807) is 11.3 Å². The van der Waals surface area contributed by atoms with Gasteiger partial charge in [0, 0.05) is 49.3 Å². The van der Waals surface area contributed by atoms with Gasteiger partial charge < -0.3 is 0 Å². The lowest BCUT2D eigenvalue weighted by Gasteiger charge is -2.10. The summed E-state index contributed by atoms with van der Waals surface area (Å²) in [5.41, 5.74) is 12.5. The van der Waals surface area contributed by atoms with Crippen LogP contribution in [0, 0.1) is 0 Å². The zero-order valence-electron chi connectivity index (χ0n) is 31.7. The second-order valence-corrected chi connectivity index (χ2v) is 15.5. The first-order chi connectivity index (χ1) is 29.2. The Morgan fingerprint density at radius 3 is 1.37 bits per heavy atom. The van der Waals surface area contributed by atoms with Gasteiger partial charge in [-0.05, 0) is 57.6 Å². The highest BCUT2D eigenvalue weighted by Gasteiger charge is 2.17. The Labute approximate surface area is 345 Å². The van der Waals surface area contributed by atoms with E-state index < -0.39 is 0 Å². The maximum atomic E-state index is 5.09. The molecule has 7 aromatic carbocycles. The van der Waals surface area contributed by atoms with Crippen LogP contribution in [0.3, 0.4) is 0 Å². The molecule has 4 aromatic heterocycles. The van der Waals surface area contributed by atoms with Crippen LogP contribution in [-0.4, -0.2) is 24.9 Å². The maximum absolute atomic E-state index is 5.09. The van der Waals surface area contributed by atoms with Crippen molar-refractivity contribution < 1.29 is 0 Å². The predicted octanol–water partition coefficient (Wildman–Crippen LogP) is 13.9. The van der Waals surface area contributed by atoms with Gasteiger partial charge in [0.15, 0.2) is 23.1 Å². The van der Waals surface area contributed by atoms with Gasteiger partial charge in [-0.2, -0.15) is 0 Å². The highest BCUT2D eigenvalue weighted by Crippen LogP contribution is 2.42. The molecule has 11 aromatic rings. The second kappa shape index (κ2) is 14.7. The van der Waals surface area contributed by atoms with E-state index in [0.717, 1.165) is 66.8 Å². The smallest absolute Gasteiger partial charge is 0.164 e. The van der Waals surface area contributed by atoms with Gasteiger partial charge in [0.1, 0.15) is 0 Å². The minimum Gasteiger partial charge on any atom is -0.237 e. The molecule has 5 nitrogen and oxygen atoms in total. The Balaban J connectivity index is 0.900. The van der Waals surface area contributed by atoms with Crippen molar-refractivity contribution in [2.45, 2.75) is 0 Å². The zero-order chi connectivity index (χ0) is 39.1. The van der Waals surface area contributed by atoms with Gasteiger partial charge in [-0.1, -0.05) is 170 Å². The van der Waals surface area contributed by atoms with Crippen molar-refractivity contribution in [1.82, 2.24) is 24.9 Å². The molecule has 0 spiro atoms. The second-order valence-electron chi connectivity index (χ2n) is 14.5. The Bertz CT molecular complexity index is 3290. The first-order valence-corrected chi connectivity index (χ1v) is 20.4. The quantitative estimate of drug-likeness (QED) is 0.161. The van der Waals surface area contributed by atoms with Gasteiger partial charge in [-0.25, -0.2) is 24.9 Å². The molecule has 0 unspecified atom stereocenters. The fraction of sp³-hybridized carbons (Fsp3) is 0. The van der Waals surface area contributed by atoms with Gasteiger partial charge in [-0.15, -0.1) is 11.3 Å². The molecule has 59 heavy (non-hydrogen) atoms. The van der Waals surface area contributed by atoms with Crippen molar-refractivity contribution in [2.75, 3.05) is 0 Å². The number of aromatic nitrogens is 5. The number of pyridine rings is 2. The number of nitrogens with zero attached hydrogens (tertiary/aromatic N) is 5. The van der Waals surface area contributed by atoms with E-state index >= 15 is 0 Å². The molecule has 276 valence electrons. The maximum Gasteiger partial charge on any atom is 0.164 e. The molecule has 4 heterocycles. The molecule has 0 N–H and O–H groups in total. The summed E-state index contributed by atoms with van der Waals surface area (Å²) in [4.78, 5) is 24.6. The van der Waals surface area contributed by atoms with E-state index in [1.165, 1.54) is 25.7 Å². The highest BCUT2D eigenvalue weighted by atomic mass is 32.1. The molecule has 0 aliphatic carbocycles. The topological polar surface area (TPSA) is 64.5 Å². The SMILES string of the molecule is c1ccc(-c2ccc(-c3nc(-c4ccccc4)nc(-c4ccc(-c5cccc(-c6ccc(-c7nc8ncccc8c8c7sc7ccccc78)cc6)c5)cc4)n3)cc2)cc1. The van der Waals surface area contributed by atoms with Gasteiger partial charge in [0.25, 0.3) is 0 Å². The van der Waals surface area contributed by atoms with Crippen molar-refractivity contribution in [3.8, 4) is 78.8 Å². The van der Waals surface area contributed by atoms with Crippen LogP contribution >= 0.6 is 11.3 Å². The summed E-state index contributed by atoms with van der Waals surface area (Å²) in [6, 6.07) is 67.5. The molecule has 0 fully saturated rings.